The molecule has 1 aliphatic carbocycles. The normalized spacial score (nSPS) is 24.8. The fourth-order valence-electron chi connectivity index (χ4n) is 2.40. The summed E-state index contributed by atoms with van der Waals surface area (Å²) in [5.74, 6) is -0.00407. The number of nitrogens with one attached hydrogen (secondary N) is 1. The van der Waals surface area contributed by atoms with Crippen molar-refractivity contribution in [2.45, 2.75) is 12.0 Å². The van der Waals surface area contributed by atoms with Crippen LogP contribution in [-0.2, 0) is 10.3 Å². The number of methoxy groups -OCH3 is 1. The lowest BCUT2D eigenvalue weighted by Crippen LogP contribution is -2.36. The van der Waals surface area contributed by atoms with E-state index in [0.717, 1.165) is 0 Å². The zero-order chi connectivity index (χ0) is 14.0. The summed E-state index contributed by atoms with van der Waals surface area (Å²) in [6, 6.07) is 6.04. The largest absolute Gasteiger partial charge is 0.465 e. The Balaban J connectivity index is 2.32. The summed E-state index contributed by atoms with van der Waals surface area (Å²) < 4.78 is 5.03. The molecule has 0 aliphatic heterocycles. The van der Waals surface area contributed by atoms with Crippen molar-refractivity contribution in [3.05, 3.63) is 39.9 Å². The molecule has 0 saturated heterocycles. The summed E-state index contributed by atoms with van der Waals surface area (Å²) in [6.07, 6.45) is -0.570. The average molecular weight is 266 g/mol. The van der Waals surface area contributed by atoms with E-state index < -0.39 is 16.6 Å². The molecule has 1 aliphatic rings. The van der Waals surface area contributed by atoms with Crippen LogP contribution < -0.4 is 5.32 Å². The van der Waals surface area contributed by atoms with E-state index in [0.29, 0.717) is 18.6 Å². The third-order valence-corrected chi connectivity index (χ3v) is 3.38. The maximum absolute atomic E-state index is 10.9. The van der Waals surface area contributed by atoms with E-state index in [-0.39, 0.29) is 11.6 Å². The maximum Gasteiger partial charge on any atom is 0.405 e. The van der Waals surface area contributed by atoms with E-state index in [9.17, 15) is 14.9 Å². The number of hydrogen-bond acceptors (Lipinski definition) is 4. The Hall–Kier alpha value is -2.15. The predicted octanol–water partition coefficient (Wildman–Crippen LogP) is 1.72. The molecule has 2 N–H and O–H groups in total. The summed E-state index contributed by atoms with van der Waals surface area (Å²) in [7, 11) is 1.54. The van der Waals surface area contributed by atoms with Gasteiger partial charge in [0.25, 0.3) is 5.69 Å². The number of non-ortho nitro benzene ring substituents is 1. The van der Waals surface area contributed by atoms with E-state index in [1.807, 2.05) is 0 Å². The second kappa shape index (κ2) is 4.85. The van der Waals surface area contributed by atoms with Crippen molar-refractivity contribution < 1.29 is 19.6 Å². The van der Waals surface area contributed by atoms with Crippen molar-refractivity contribution in [1.82, 2.24) is 5.32 Å². The van der Waals surface area contributed by atoms with Gasteiger partial charge >= 0.3 is 6.09 Å². The van der Waals surface area contributed by atoms with Crippen LogP contribution in [0.25, 0.3) is 0 Å². The van der Waals surface area contributed by atoms with Gasteiger partial charge in [0.1, 0.15) is 0 Å². The maximum atomic E-state index is 10.9. The number of carbonyl (C=O) groups is 1. The molecular formula is C12H14N2O5. The number of ether oxygens (including phenoxy) is 1. The number of nitro groups is 1. The van der Waals surface area contributed by atoms with E-state index in [2.05, 4.69) is 5.32 Å². The van der Waals surface area contributed by atoms with Crippen LogP contribution in [0.2, 0.25) is 0 Å². The Morgan fingerprint density at radius 3 is 3.00 bits per heavy atom. The Morgan fingerprint density at radius 1 is 1.68 bits per heavy atom. The summed E-state index contributed by atoms with van der Waals surface area (Å²) in [4.78, 5) is 21.2. The van der Waals surface area contributed by atoms with Gasteiger partial charge in [-0.15, -0.1) is 0 Å². The highest BCUT2D eigenvalue weighted by Gasteiger charge is 2.56. The van der Waals surface area contributed by atoms with E-state index in [1.165, 1.54) is 19.2 Å². The first-order chi connectivity index (χ1) is 8.99. The van der Waals surface area contributed by atoms with Crippen LogP contribution in [-0.4, -0.2) is 29.8 Å². The zero-order valence-electron chi connectivity index (χ0n) is 10.3. The molecule has 7 nitrogen and oxygen atoms in total. The first-order valence-corrected chi connectivity index (χ1v) is 5.74. The SMILES string of the molecule is COCC1CC1(NC(=O)O)c1cccc([N+](=O)[O-])c1. The third kappa shape index (κ3) is 2.50. The molecule has 102 valence electrons. The summed E-state index contributed by atoms with van der Waals surface area (Å²) in [6.45, 7) is 0.406. The summed E-state index contributed by atoms with van der Waals surface area (Å²) >= 11 is 0. The minimum Gasteiger partial charge on any atom is -0.465 e. The third-order valence-electron chi connectivity index (χ3n) is 3.38. The van der Waals surface area contributed by atoms with Crippen molar-refractivity contribution in [1.29, 1.82) is 0 Å². The number of amides is 1. The van der Waals surface area contributed by atoms with Crippen molar-refractivity contribution in [3.63, 3.8) is 0 Å². The number of hydrogen-bond donors (Lipinski definition) is 2. The first-order valence-electron chi connectivity index (χ1n) is 5.74. The van der Waals surface area contributed by atoms with Gasteiger partial charge in [-0.2, -0.15) is 0 Å². The second-order valence-electron chi connectivity index (χ2n) is 4.57. The van der Waals surface area contributed by atoms with Crippen LogP contribution in [0.1, 0.15) is 12.0 Å². The number of nitro benzene ring substituents is 1. The van der Waals surface area contributed by atoms with Gasteiger partial charge in [0.15, 0.2) is 0 Å². The van der Waals surface area contributed by atoms with Crippen molar-refractivity contribution in [3.8, 4) is 0 Å². The van der Waals surface area contributed by atoms with E-state index >= 15 is 0 Å². The van der Waals surface area contributed by atoms with Gasteiger partial charge < -0.3 is 15.2 Å². The van der Waals surface area contributed by atoms with Gasteiger partial charge in [-0.05, 0) is 12.0 Å². The van der Waals surface area contributed by atoms with Gasteiger partial charge in [0, 0.05) is 25.2 Å². The molecule has 1 saturated carbocycles. The van der Waals surface area contributed by atoms with Crippen molar-refractivity contribution in [2.75, 3.05) is 13.7 Å². The van der Waals surface area contributed by atoms with Crippen LogP contribution in [0.5, 0.6) is 0 Å². The van der Waals surface area contributed by atoms with Crippen molar-refractivity contribution in [2.24, 2.45) is 5.92 Å². The highest BCUT2D eigenvalue weighted by Crippen LogP contribution is 2.52. The molecule has 1 aromatic carbocycles. The highest BCUT2D eigenvalue weighted by atomic mass is 16.6. The van der Waals surface area contributed by atoms with Crippen LogP contribution >= 0.6 is 0 Å². The number of carboxylic acid groups (broad SMARTS) is 1. The molecule has 1 aromatic rings. The van der Waals surface area contributed by atoms with Gasteiger partial charge in [0.05, 0.1) is 17.1 Å². The van der Waals surface area contributed by atoms with Gasteiger partial charge in [-0.25, -0.2) is 4.79 Å². The Bertz CT molecular complexity index is 519. The van der Waals surface area contributed by atoms with Gasteiger partial charge in [-0.3, -0.25) is 10.1 Å². The molecule has 1 fully saturated rings. The molecule has 19 heavy (non-hydrogen) atoms. The lowest BCUT2D eigenvalue weighted by molar-refractivity contribution is -0.385. The highest BCUT2D eigenvalue weighted by molar-refractivity contribution is 5.67. The van der Waals surface area contributed by atoms with Gasteiger partial charge in [-0.1, -0.05) is 12.1 Å². The Labute approximate surface area is 109 Å². The summed E-state index contributed by atoms with van der Waals surface area (Å²) in [5.41, 5.74) is -0.216. The number of nitrogens with zero attached hydrogens (tertiary/aromatic N) is 1. The lowest BCUT2D eigenvalue weighted by atomic mass is 10.0. The quantitative estimate of drug-likeness (QED) is 0.624. The molecule has 2 atom stereocenters. The van der Waals surface area contributed by atoms with Crippen molar-refractivity contribution >= 4 is 11.8 Å². The number of benzene rings is 1. The summed E-state index contributed by atoms with van der Waals surface area (Å²) in [5, 5.41) is 22.2. The molecule has 0 bridgehead atoms. The molecule has 2 rings (SSSR count). The predicted molar refractivity (Wildman–Crippen MR) is 65.9 cm³/mol. The van der Waals surface area contributed by atoms with Crippen LogP contribution in [0.4, 0.5) is 10.5 Å². The molecule has 0 heterocycles. The van der Waals surface area contributed by atoms with E-state index in [4.69, 9.17) is 9.84 Å². The number of rotatable bonds is 5. The minimum atomic E-state index is -1.15. The Kier molecular flexibility index (Phi) is 3.39. The molecule has 7 heteroatoms. The Morgan fingerprint density at radius 2 is 2.42 bits per heavy atom. The average Bonchev–Trinajstić information content (AvgIpc) is 3.03. The van der Waals surface area contributed by atoms with Crippen LogP contribution in [0.15, 0.2) is 24.3 Å². The molecule has 0 spiro atoms. The fraction of sp³-hybridized carbons (Fsp3) is 0.417. The smallest absolute Gasteiger partial charge is 0.405 e. The topological polar surface area (TPSA) is 102 Å². The fourth-order valence-corrected chi connectivity index (χ4v) is 2.40. The minimum absolute atomic E-state index is 0.00407. The molecule has 2 unspecified atom stereocenters. The first kappa shape index (κ1) is 13.3. The standard InChI is InChI=1S/C12H14N2O5/c1-19-7-9-6-12(9,13-11(15)16)8-3-2-4-10(5-8)14(17)18/h2-5,9,13H,6-7H2,1H3,(H,15,16). The van der Waals surface area contributed by atoms with E-state index in [1.54, 1.807) is 12.1 Å². The zero-order valence-corrected chi connectivity index (χ0v) is 10.3. The monoisotopic (exact) mass is 266 g/mol. The lowest BCUT2D eigenvalue weighted by Gasteiger charge is -2.18. The molecule has 1 amide bonds. The van der Waals surface area contributed by atoms with Crippen LogP contribution in [0.3, 0.4) is 0 Å². The second-order valence-corrected chi connectivity index (χ2v) is 4.57. The van der Waals surface area contributed by atoms with Gasteiger partial charge in [0.2, 0.25) is 0 Å². The molecular weight excluding hydrogens is 252 g/mol. The van der Waals surface area contributed by atoms with Crippen LogP contribution in [0, 0.1) is 16.0 Å². The molecule has 0 aromatic heterocycles. The molecule has 0 radical (unpaired) electrons.